The molecule has 0 atom stereocenters. The minimum atomic E-state index is -0.142. The van der Waals surface area contributed by atoms with Gasteiger partial charge in [-0.25, -0.2) is 0 Å². The third kappa shape index (κ3) is 4.71. The number of carbonyl (C=O) groups excluding carboxylic acids is 2. The minimum absolute atomic E-state index is 0.0179. The molecule has 3 aliphatic rings. The molecule has 3 aliphatic heterocycles. The van der Waals surface area contributed by atoms with Gasteiger partial charge < -0.3 is 15.0 Å². The fraction of sp³-hybridized carbons (Fsp3) is 0.619. The molecule has 0 spiro atoms. The number of benzene rings is 1. The molecule has 2 amide bonds. The maximum atomic E-state index is 12.8. The van der Waals surface area contributed by atoms with Crippen molar-refractivity contribution in [2.75, 3.05) is 62.6 Å². The van der Waals surface area contributed by atoms with E-state index in [9.17, 15) is 9.59 Å². The molecular formula is C21H30N4O3. The quantitative estimate of drug-likeness (QED) is 0.804. The number of hydrogen-bond acceptors (Lipinski definition) is 5. The van der Waals surface area contributed by atoms with Crippen LogP contribution >= 0.6 is 0 Å². The fourth-order valence-electron chi connectivity index (χ4n) is 4.32. The molecule has 0 aliphatic carbocycles. The third-order valence-electron chi connectivity index (χ3n) is 5.92. The Morgan fingerprint density at radius 2 is 1.82 bits per heavy atom. The molecule has 28 heavy (non-hydrogen) atoms. The predicted octanol–water partition coefficient (Wildman–Crippen LogP) is 1.55. The number of rotatable bonds is 6. The normalized spacial score (nSPS) is 21.6. The second kappa shape index (κ2) is 9.03. The average molecular weight is 386 g/mol. The molecule has 1 aromatic rings. The second-order valence-corrected chi connectivity index (χ2v) is 7.94. The number of para-hydroxylation sites is 2. The Bertz CT molecular complexity index is 697. The van der Waals surface area contributed by atoms with Crippen molar-refractivity contribution >= 4 is 23.2 Å². The van der Waals surface area contributed by atoms with Crippen molar-refractivity contribution in [3.8, 4) is 0 Å². The summed E-state index contributed by atoms with van der Waals surface area (Å²) in [7, 11) is 0. The summed E-state index contributed by atoms with van der Waals surface area (Å²) in [6.45, 7) is 6.43. The van der Waals surface area contributed by atoms with Crippen molar-refractivity contribution in [2.24, 2.45) is 0 Å². The lowest BCUT2D eigenvalue weighted by Gasteiger charge is -2.34. The van der Waals surface area contributed by atoms with E-state index in [1.54, 1.807) is 4.90 Å². The highest BCUT2D eigenvalue weighted by Crippen LogP contribution is 2.29. The van der Waals surface area contributed by atoms with Gasteiger partial charge in [0.25, 0.3) is 0 Å². The summed E-state index contributed by atoms with van der Waals surface area (Å²) in [5, 5.41) is 2.83. The Kier molecular flexibility index (Phi) is 6.24. The zero-order chi connectivity index (χ0) is 19.3. The van der Waals surface area contributed by atoms with Crippen molar-refractivity contribution in [1.29, 1.82) is 0 Å². The summed E-state index contributed by atoms with van der Waals surface area (Å²) in [5.41, 5.74) is 1.49. The first-order chi connectivity index (χ1) is 13.7. The lowest BCUT2D eigenvalue weighted by molar-refractivity contribution is -0.123. The number of ether oxygens (including phenoxy) is 1. The largest absolute Gasteiger partial charge is 0.377 e. The Morgan fingerprint density at radius 1 is 1.07 bits per heavy atom. The molecule has 0 saturated carbocycles. The maximum absolute atomic E-state index is 12.8. The van der Waals surface area contributed by atoms with E-state index in [1.807, 2.05) is 24.3 Å². The number of anilines is 2. The first-order valence-electron chi connectivity index (χ1n) is 10.4. The van der Waals surface area contributed by atoms with E-state index in [2.05, 4.69) is 15.1 Å². The standard InChI is InChI=1S/C21H30N4O3/c26-20-15-25(19-6-2-1-5-18(19)22-20)21(27)16-24-11-7-17(8-12-24)28-14-13-23-9-3-4-10-23/h1-2,5-6,17H,3-4,7-16H2,(H,22,26). The monoisotopic (exact) mass is 386 g/mol. The van der Waals surface area contributed by atoms with E-state index in [4.69, 9.17) is 4.74 Å². The van der Waals surface area contributed by atoms with Crippen LogP contribution in [0.5, 0.6) is 0 Å². The maximum Gasteiger partial charge on any atom is 0.244 e. The van der Waals surface area contributed by atoms with Crippen LogP contribution in [0.1, 0.15) is 25.7 Å². The second-order valence-electron chi connectivity index (χ2n) is 7.94. The Labute approximate surface area is 166 Å². The zero-order valence-corrected chi connectivity index (χ0v) is 16.4. The van der Waals surface area contributed by atoms with Crippen LogP contribution in [0.25, 0.3) is 0 Å². The van der Waals surface area contributed by atoms with Gasteiger partial charge in [0.1, 0.15) is 6.54 Å². The van der Waals surface area contributed by atoms with Crippen LogP contribution in [0.15, 0.2) is 24.3 Å². The van der Waals surface area contributed by atoms with Crippen molar-refractivity contribution in [1.82, 2.24) is 9.80 Å². The molecule has 7 nitrogen and oxygen atoms in total. The molecule has 1 N–H and O–H groups in total. The topological polar surface area (TPSA) is 65.1 Å². The highest BCUT2D eigenvalue weighted by molar-refractivity contribution is 6.10. The van der Waals surface area contributed by atoms with Gasteiger partial charge in [0, 0.05) is 19.6 Å². The van der Waals surface area contributed by atoms with Gasteiger partial charge in [0.2, 0.25) is 11.8 Å². The summed E-state index contributed by atoms with van der Waals surface area (Å²) in [6.07, 6.45) is 4.86. The van der Waals surface area contributed by atoms with Gasteiger partial charge in [0.15, 0.2) is 0 Å². The van der Waals surface area contributed by atoms with Crippen LogP contribution in [-0.4, -0.2) is 80.1 Å². The highest BCUT2D eigenvalue weighted by atomic mass is 16.5. The summed E-state index contributed by atoms with van der Waals surface area (Å²) in [6, 6.07) is 7.47. The van der Waals surface area contributed by atoms with E-state index in [-0.39, 0.29) is 18.4 Å². The molecule has 0 radical (unpaired) electrons. The third-order valence-corrected chi connectivity index (χ3v) is 5.92. The number of fused-ring (bicyclic) bond motifs is 1. The predicted molar refractivity (Wildman–Crippen MR) is 109 cm³/mol. The van der Waals surface area contributed by atoms with Crippen molar-refractivity contribution in [2.45, 2.75) is 31.8 Å². The number of piperidine rings is 1. The Hall–Kier alpha value is -1.96. The molecular weight excluding hydrogens is 356 g/mol. The van der Waals surface area contributed by atoms with Gasteiger partial charge in [0.05, 0.1) is 30.6 Å². The van der Waals surface area contributed by atoms with Gasteiger partial charge in [-0.1, -0.05) is 12.1 Å². The van der Waals surface area contributed by atoms with Crippen LogP contribution in [0, 0.1) is 0 Å². The van der Waals surface area contributed by atoms with Gasteiger partial charge in [-0.3, -0.25) is 19.4 Å². The Balaban J connectivity index is 1.22. The van der Waals surface area contributed by atoms with Crippen molar-refractivity contribution in [3.63, 3.8) is 0 Å². The molecule has 4 rings (SSSR count). The van der Waals surface area contributed by atoms with Gasteiger partial charge in [-0.2, -0.15) is 0 Å². The number of nitrogens with zero attached hydrogens (tertiary/aromatic N) is 3. The zero-order valence-electron chi connectivity index (χ0n) is 16.4. The van der Waals surface area contributed by atoms with E-state index in [0.717, 1.165) is 44.8 Å². The molecule has 3 heterocycles. The minimum Gasteiger partial charge on any atom is -0.377 e. The van der Waals surface area contributed by atoms with Gasteiger partial charge in [-0.15, -0.1) is 0 Å². The molecule has 152 valence electrons. The molecule has 2 fully saturated rings. The molecule has 7 heteroatoms. The van der Waals surface area contributed by atoms with Crippen LogP contribution in [0.4, 0.5) is 11.4 Å². The number of amides is 2. The summed E-state index contributed by atoms with van der Waals surface area (Å²) < 4.78 is 6.06. The molecule has 1 aromatic carbocycles. The van der Waals surface area contributed by atoms with E-state index >= 15 is 0 Å². The smallest absolute Gasteiger partial charge is 0.244 e. The number of carbonyl (C=O) groups is 2. The van der Waals surface area contributed by atoms with Crippen LogP contribution in [0.3, 0.4) is 0 Å². The summed E-state index contributed by atoms with van der Waals surface area (Å²) in [4.78, 5) is 31.0. The van der Waals surface area contributed by atoms with E-state index in [1.165, 1.54) is 25.9 Å². The Morgan fingerprint density at radius 3 is 2.61 bits per heavy atom. The fourth-order valence-corrected chi connectivity index (χ4v) is 4.32. The first-order valence-corrected chi connectivity index (χ1v) is 10.4. The molecule has 2 saturated heterocycles. The molecule has 0 bridgehead atoms. The van der Waals surface area contributed by atoms with Gasteiger partial charge in [-0.05, 0) is 50.9 Å². The van der Waals surface area contributed by atoms with Crippen LogP contribution in [0.2, 0.25) is 0 Å². The SMILES string of the molecule is O=C1CN(C(=O)CN2CCC(OCCN3CCCC3)CC2)c2ccccc2N1. The van der Waals surface area contributed by atoms with Crippen molar-refractivity contribution < 1.29 is 14.3 Å². The van der Waals surface area contributed by atoms with E-state index < -0.39 is 0 Å². The summed E-state index contributed by atoms with van der Waals surface area (Å²) >= 11 is 0. The lowest BCUT2D eigenvalue weighted by Crippen LogP contribution is -2.48. The summed E-state index contributed by atoms with van der Waals surface area (Å²) in [5.74, 6) is -0.159. The van der Waals surface area contributed by atoms with Crippen LogP contribution in [-0.2, 0) is 14.3 Å². The lowest BCUT2D eigenvalue weighted by atomic mass is 10.1. The highest BCUT2D eigenvalue weighted by Gasteiger charge is 2.29. The number of nitrogens with one attached hydrogen (secondary N) is 1. The number of hydrogen-bond donors (Lipinski definition) is 1. The van der Waals surface area contributed by atoms with E-state index in [0.29, 0.717) is 18.3 Å². The molecule has 0 unspecified atom stereocenters. The first kappa shape index (κ1) is 19.4. The molecule has 0 aromatic heterocycles. The van der Waals surface area contributed by atoms with Gasteiger partial charge >= 0.3 is 0 Å². The van der Waals surface area contributed by atoms with Crippen LogP contribution < -0.4 is 10.2 Å². The number of likely N-dealkylation sites (tertiary alicyclic amines) is 2. The average Bonchev–Trinajstić information content (AvgIpc) is 3.22. The van der Waals surface area contributed by atoms with Crippen molar-refractivity contribution in [3.05, 3.63) is 24.3 Å².